The van der Waals surface area contributed by atoms with Gasteiger partial charge in [0.15, 0.2) is 0 Å². The van der Waals surface area contributed by atoms with Crippen LogP contribution in [-0.4, -0.2) is 91.5 Å². The molecule has 0 unspecified atom stereocenters. The van der Waals surface area contributed by atoms with Gasteiger partial charge in [-0.1, -0.05) is 18.2 Å². The van der Waals surface area contributed by atoms with E-state index in [0.717, 1.165) is 69.1 Å². The molecule has 6 nitrogen and oxygen atoms in total. The van der Waals surface area contributed by atoms with Crippen molar-refractivity contribution in [1.29, 1.82) is 0 Å². The number of nitrogens with zero attached hydrogens (tertiary/aromatic N) is 5. The zero-order valence-electron chi connectivity index (χ0n) is 15.5. The van der Waals surface area contributed by atoms with Gasteiger partial charge in [-0.25, -0.2) is 4.98 Å². The highest BCUT2D eigenvalue weighted by Crippen LogP contribution is 2.19. The molecule has 0 aliphatic carbocycles. The monoisotopic (exact) mass is 353 g/mol. The molecule has 26 heavy (non-hydrogen) atoms. The van der Waals surface area contributed by atoms with Crippen LogP contribution >= 0.6 is 0 Å². The van der Waals surface area contributed by atoms with Gasteiger partial charge >= 0.3 is 0 Å². The maximum absolute atomic E-state index is 12.6. The molecule has 2 aliphatic heterocycles. The number of piperazine rings is 2. The Labute approximate surface area is 155 Å². The van der Waals surface area contributed by atoms with E-state index in [-0.39, 0.29) is 5.91 Å². The number of carbonyl (C=O) groups is 1. The van der Waals surface area contributed by atoms with Gasteiger partial charge in [0, 0.05) is 57.7 Å². The summed E-state index contributed by atoms with van der Waals surface area (Å²) in [6.45, 7) is 7.89. The zero-order valence-corrected chi connectivity index (χ0v) is 15.5. The predicted octanol–water partition coefficient (Wildman–Crippen LogP) is 1.13. The minimum Gasteiger partial charge on any atom is -0.353 e. The number of hydrogen-bond donors (Lipinski definition) is 0. The lowest BCUT2D eigenvalue weighted by molar-refractivity contribution is -0.133. The van der Waals surface area contributed by atoms with Crippen molar-refractivity contribution in [3.63, 3.8) is 0 Å². The van der Waals surface area contributed by atoms with Crippen LogP contribution in [0.2, 0.25) is 0 Å². The Bertz CT molecular complexity index is 764. The smallest absolute Gasteiger partial charge is 0.236 e. The van der Waals surface area contributed by atoms with Gasteiger partial charge in [-0.05, 0) is 25.2 Å². The van der Waals surface area contributed by atoms with Crippen LogP contribution in [-0.2, 0) is 4.79 Å². The zero-order chi connectivity index (χ0) is 17.9. The summed E-state index contributed by atoms with van der Waals surface area (Å²) >= 11 is 0. The molecule has 1 aromatic carbocycles. The van der Waals surface area contributed by atoms with Gasteiger partial charge in [-0.3, -0.25) is 9.69 Å². The van der Waals surface area contributed by atoms with Crippen LogP contribution in [0.5, 0.6) is 0 Å². The lowest BCUT2D eigenvalue weighted by Gasteiger charge is -2.37. The molecule has 0 N–H and O–H groups in total. The fourth-order valence-electron chi connectivity index (χ4n) is 3.71. The number of fused-ring (bicyclic) bond motifs is 1. The van der Waals surface area contributed by atoms with Gasteiger partial charge in [-0.15, -0.1) is 0 Å². The van der Waals surface area contributed by atoms with Crippen LogP contribution in [0.1, 0.15) is 0 Å². The summed E-state index contributed by atoms with van der Waals surface area (Å²) in [6.07, 6.45) is 0. The Kier molecular flexibility index (Phi) is 5.04. The van der Waals surface area contributed by atoms with Crippen molar-refractivity contribution in [3.05, 3.63) is 36.4 Å². The first-order chi connectivity index (χ1) is 12.7. The van der Waals surface area contributed by atoms with Crippen molar-refractivity contribution < 1.29 is 4.79 Å². The van der Waals surface area contributed by atoms with E-state index in [9.17, 15) is 4.79 Å². The number of pyridine rings is 1. The van der Waals surface area contributed by atoms with Gasteiger partial charge < -0.3 is 14.7 Å². The molecule has 0 atom stereocenters. The van der Waals surface area contributed by atoms with Crippen molar-refractivity contribution in [1.82, 2.24) is 19.7 Å². The Morgan fingerprint density at radius 2 is 1.65 bits per heavy atom. The lowest BCUT2D eigenvalue weighted by Crippen LogP contribution is -2.53. The highest BCUT2D eigenvalue weighted by atomic mass is 16.2. The van der Waals surface area contributed by atoms with E-state index in [1.165, 1.54) is 0 Å². The standard InChI is InChI=1S/C20H27N5O/c1-22-8-10-23(11-9-22)16-20(26)25-14-12-24(13-15-25)19-7-6-17-4-2-3-5-18(17)21-19/h2-7H,8-16H2,1H3. The maximum atomic E-state index is 12.6. The fraction of sp³-hybridized carbons (Fsp3) is 0.500. The Balaban J connectivity index is 1.32. The van der Waals surface area contributed by atoms with Crippen molar-refractivity contribution in [2.45, 2.75) is 0 Å². The first kappa shape index (κ1) is 17.2. The number of benzene rings is 1. The van der Waals surface area contributed by atoms with Crippen LogP contribution in [0.4, 0.5) is 5.82 Å². The summed E-state index contributed by atoms with van der Waals surface area (Å²) in [4.78, 5) is 26.3. The summed E-state index contributed by atoms with van der Waals surface area (Å²) in [5.74, 6) is 1.27. The second-order valence-electron chi connectivity index (χ2n) is 7.31. The molecular weight excluding hydrogens is 326 g/mol. The molecule has 0 saturated carbocycles. The molecule has 2 aromatic rings. The molecule has 0 bridgehead atoms. The van der Waals surface area contributed by atoms with Crippen molar-refractivity contribution >= 4 is 22.6 Å². The number of hydrogen-bond acceptors (Lipinski definition) is 5. The molecule has 138 valence electrons. The number of para-hydroxylation sites is 1. The van der Waals surface area contributed by atoms with Crippen molar-refractivity contribution in [2.75, 3.05) is 70.9 Å². The molecule has 6 heteroatoms. The summed E-state index contributed by atoms with van der Waals surface area (Å²) in [5.41, 5.74) is 1.03. The van der Waals surface area contributed by atoms with Crippen molar-refractivity contribution in [3.8, 4) is 0 Å². The van der Waals surface area contributed by atoms with E-state index < -0.39 is 0 Å². The molecular formula is C20H27N5O. The average molecular weight is 353 g/mol. The SMILES string of the molecule is CN1CCN(CC(=O)N2CCN(c3ccc4ccccc4n3)CC2)CC1. The molecule has 4 rings (SSSR count). The molecule has 0 radical (unpaired) electrons. The van der Waals surface area contributed by atoms with E-state index in [0.29, 0.717) is 6.54 Å². The van der Waals surface area contributed by atoms with E-state index in [2.05, 4.69) is 46.0 Å². The first-order valence-electron chi connectivity index (χ1n) is 9.48. The van der Waals surface area contributed by atoms with E-state index in [1.807, 2.05) is 17.0 Å². The highest BCUT2D eigenvalue weighted by Gasteiger charge is 2.24. The number of amides is 1. The van der Waals surface area contributed by atoms with Crippen molar-refractivity contribution in [2.24, 2.45) is 0 Å². The Morgan fingerprint density at radius 3 is 2.42 bits per heavy atom. The number of likely N-dealkylation sites (N-methyl/N-ethyl adjacent to an activating group) is 1. The third-order valence-electron chi connectivity index (χ3n) is 5.49. The number of anilines is 1. The minimum atomic E-state index is 0.265. The normalized spacial score (nSPS) is 19.9. The average Bonchev–Trinajstić information content (AvgIpc) is 2.69. The largest absolute Gasteiger partial charge is 0.353 e. The fourth-order valence-corrected chi connectivity index (χ4v) is 3.71. The highest BCUT2D eigenvalue weighted by molar-refractivity contribution is 5.80. The topological polar surface area (TPSA) is 42.9 Å². The quantitative estimate of drug-likeness (QED) is 0.828. The lowest BCUT2D eigenvalue weighted by atomic mass is 10.2. The number of aromatic nitrogens is 1. The van der Waals surface area contributed by atoms with Gasteiger partial charge in [0.25, 0.3) is 0 Å². The van der Waals surface area contributed by atoms with Gasteiger partial charge in [0.2, 0.25) is 5.91 Å². The molecule has 0 spiro atoms. The maximum Gasteiger partial charge on any atom is 0.236 e. The summed E-state index contributed by atoms with van der Waals surface area (Å²) in [5, 5.41) is 1.16. The molecule has 1 amide bonds. The van der Waals surface area contributed by atoms with Gasteiger partial charge in [0.1, 0.15) is 5.82 Å². The van der Waals surface area contributed by atoms with Crippen LogP contribution in [0.25, 0.3) is 10.9 Å². The van der Waals surface area contributed by atoms with Crippen LogP contribution in [0.3, 0.4) is 0 Å². The van der Waals surface area contributed by atoms with Crippen LogP contribution in [0, 0.1) is 0 Å². The minimum absolute atomic E-state index is 0.265. The third-order valence-corrected chi connectivity index (χ3v) is 5.49. The Hall–Kier alpha value is -2.18. The van der Waals surface area contributed by atoms with Gasteiger partial charge in [-0.2, -0.15) is 0 Å². The summed E-state index contributed by atoms with van der Waals surface area (Å²) in [7, 11) is 2.14. The van der Waals surface area contributed by atoms with Crippen LogP contribution < -0.4 is 4.90 Å². The van der Waals surface area contributed by atoms with Crippen LogP contribution in [0.15, 0.2) is 36.4 Å². The second-order valence-corrected chi connectivity index (χ2v) is 7.31. The number of rotatable bonds is 3. The number of carbonyl (C=O) groups excluding carboxylic acids is 1. The molecule has 2 fully saturated rings. The summed E-state index contributed by atoms with van der Waals surface area (Å²) in [6, 6.07) is 12.4. The Morgan fingerprint density at radius 1 is 0.923 bits per heavy atom. The molecule has 2 aliphatic rings. The first-order valence-corrected chi connectivity index (χ1v) is 9.48. The van der Waals surface area contributed by atoms with E-state index >= 15 is 0 Å². The molecule has 3 heterocycles. The van der Waals surface area contributed by atoms with Gasteiger partial charge in [0.05, 0.1) is 12.1 Å². The molecule has 2 saturated heterocycles. The summed E-state index contributed by atoms with van der Waals surface area (Å²) < 4.78 is 0. The second kappa shape index (κ2) is 7.60. The molecule has 1 aromatic heterocycles. The predicted molar refractivity (Wildman–Crippen MR) is 104 cm³/mol. The third kappa shape index (κ3) is 3.81. The van der Waals surface area contributed by atoms with E-state index in [1.54, 1.807) is 0 Å². The van der Waals surface area contributed by atoms with E-state index in [4.69, 9.17) is 4.98 Å².